The maximum absolute atomic E-state index is 11.9. The zero-order valence-electron chi connectivity index (χ0n) is 12.4. The monoisotopic (exact) mass is 288 g/mol. The molecular weight excluding hydrogens is 264 g/mol. The van der Waals surface area contributed by atoms with Crippen LogP contribution >= 0.6 is 0 Å². The number of hydrogen-bond acceptors (Lipinski definition) is 4. The molecule has 1 amide bonds. The minimum Gasteiger partial charge on any atom is -0.384 e. The Hall–Kier alpha value is -1.62. The average Bonchev–Trinajstić information content (AvgIpc) is 3.10. The first kappa shape index (κ1) is 14.3. The zero-order chi connectivity index (χ0) is 14.5. The van der Waals surface area contributed by atoms with Gasteiger partial charge in [-0.25, -0.2) is 0 Å². The van der Waals surface area contributed by atoms with Crippen molar-refractivity contribution in [3.63, 3.8) is 0 Å². The van der Waals surface area contributed by atoms with Crippen LogP contribution in [0.25, 0.3) is 0 Å². The summed E-state index contributed by atoms with van der Waals surface area (Å²) in [6.45, 7) is 3.28. The second-order valence-corrected chi connectivity index (χ2v) is 6.13. The van der Waals surface area contributed by atoms with Crippen LogP contribution in [0.3, 0.4) is 0 Å². The molecule has 2 N–H and O–H groups in total. The van der Waals surface area contributed by atoms with Crippen molar-refractivity contribution in [3.05, 3.63) is 24.5 Å². The second-order valence-electron chi connectivity index (χ2n) is 6.13. The van der Waals surface area contributed by atoms with Crippen LogP contribution in [0.5, 0.6) is 0 Å². The summed E-state index contributed by atoms with van der Waals surface area (Å²) in [5, 5.41) is 6.31. The van der Waals surface area contributed by atoms with Crippen LogP contribution < -0.4 is 10.6 Å². The standard InChI is InChI=1S/C16H24N4O/c21-16(12-20-11-13-4-5-15(20)9-13)19-8-2-7-18-14-3-1-6-17-10-14/h1,3,6,10,13,15,18H,2,4-5,7-9,11-12H2,(H,19,21)/t13-,15+/m1/s1. The highest BCUT2D eigenvalue weighted by atomic mass is 16.2. The predicted octanol–water partition coefficient (Wildman–Crippen LogP) is 1.48. The van der Waals surface area contributed by atoms with E-state index in [4.69, 9.17) is 0 Å². The normalized spacial score (nSPS) is 24.2. The van der Waals surface area contributed by atoms with E-state index < -0.39 is 0 Å². The molecule has 1 aromatic heterocycles. The summed E-state index contributed by atoms with van der Waals surface area (Å²) >= 11 is 0. The minimum absolute atomic E-state index is 0.170. The summed E-state index contributed by atoms with van der Waals surface area (Å²) in [7, 11) is 0. The Morgan fingerprint density at radius 3 is 3.05 bits per heavy atom. The third-order valence-corrected chi connectivity index (χ3v) is 4.54. The highest BCUT2D eigenvalue weighted by Crippen LogP contribution is 2.36. The van der Waals surface area contributed by atoms with E-state index >= 15 is 0 Å². The minimum atomic E-state index is 0.170. The van der Waals surface area contributed by atoms with Crippen LogP contribution in [0.4, 0.5) is 5.69 Å². The fourth-order valence-corrected chi connectivity index (χ4v) is 3.48. The van der Waals surface area contributed by atoms with E-state index in [1.165, 1.54) is 19.3 Å². The fourth-order valence-electron chi connectivity index (χ4n) is 3.48. The van der Waals surface area contributed by atoms with Crippen molar-refractivity contribution in [2.45, 2.75) is 31.7 Å². The highest BCUT2D eigenvalue weighted by Gasteiger charge is 2.38. The molecule has 1 saturated carbocycles. The van der Waals surface area contributed by atoms with Crippen molar-refractivity contribution in [2.24, 2.45) is 5.92 Å². The van der Waals surface area contributed by atoms with Crippen LogP contribution in [0.1, 0.15) is 25.7 Å². The average molecular weight is 288 g/mol. The predicted molar refractivity (Wildman–Crippen MR) is 83.1 cm³/mol. The van der Waals surface area contributed by atoms with E-state index in [-0.39, 0.29) is 5.91 Å². The van der Waals surface area contributed by atoms with Crippen LogP contribution in [-0.4, -0.2) is 48.0 Å². The molecule has 5 nitrogen and oxygen atoms in total. The van der Waals surface area contributed by atoms with Crippen LogP contribution in [0.2, 0.25) is 0 Å². The molecule has 5 heteroatoms. The zero-order valence-corrected chi connectivity index (χ0v) is 12.4. The summed E-state index contributed by atoms with van der Waals surface area (Å²) in [5.74, 6) is 1.02. The Morgan fingerprint density at radius 1 is 1.38 bits per heavy atom. The van der Waals surface area contributed by atoms with Gasteiger partial charge in [0.15, 0.2) is 0 Å². The number of nitrogens with zero attached hydrogens (tertiary/aromatic N) is 2. The fraction of sp³-hybridized carbons (Fsp3) is 0.625. The van der Waals surface area contributed by atoms with Crippen LogP contribution in [-0.2, 0) is 4.79 Å². The van der Waals surface area contributed by atoms with Crippen molar-refractivity contribution in [3.8, 4) is 0 Å². The van der Waals surface area contributed by atoms with E-state index in [0.29, 0.717) is 12.6 Å². The second kappa shape index (κ2) is 6.89. The Morgan fingerprint density at radius 2 is 2.33 bits per heavy atom. The Labute approximate surface area is 126 Å². The molecule has 1 saturated heterocycles. The largest absolute Gasteiger partial charge is 0.384 e. The van der Waals surface area contributed by atoms with Crippen molar-refractivity contribution in [1.82, 2.24) is 15.2 Å². The van der Waals surface area contributed by atoms with Gasteiger partial charge in [-0.15, -0.1) is 0 Å². The summed E-state index contributed by atoms with van der Waals surface area (Å²) < 4.78 is 0. The number of likely N-dealkylation sites (tertiary alicyclic amines) is 1. The van der Waals surface area contributed by atoms with E-state index in [1.54, 1.807) is 12.4 Å². The summed E-state index contributed by atoms with van der Waals surface area (Å²) in [4.78, 5) is 18.3. The van der Waals surface area contributed by atoms with Gasteiger partial charge in [-0.2, -0.15) is 0 Å². The third-order valence-electron chi connectivity index (χ3n) is 4.54. The maximum Gasteiger partial charge on any atom is 0.234 e. The van der Waals surface area contributed by atoms with Gasteiger partial charge in [-0.3, -0.25) is 14.7 Å². The number of pyridine rings is 1. The highest BCUT2D eigenvalue weighted by molar-refractivity contribution is 5.78. The Bertz CT molecular complexity index is 465. The number of hydrogen-bond donors (Lipinski definition) is 2. The summed E-state index contributed by atoms with van der Waals surface area (Å²) in [6.07, 6.45) is 8.45. The number of carbonyl (C=O) groups is 1. The third kappa shape index (κ3) is 3.94. The number of aromatic nitrogens is 1. The number of anilines is 1. The first-order valence-electron chi connectivity index (χ1n) is 7.96. The van der Waals surface area contributed by atoms with Gasteiger partial charge in [0.2, 0.25) is 5.91 Å². The molecule has 0 aromatic carbocycles. The number of piperidine rings is 1. The van der Waals surface area contributed by atoms with Gasteiger partial charge < -0.3 is 10.6 Å². The quantitative estimate of drug-likeness (QED) is 0.746. The smallest absolute Gasteiger partial charge is 0.234 e. The molecule has 2 atom stereocenters. The molecule has 0 spiro atoms. The van der Waals surface area contributed by atoms with Crippen LogP contribution in [0, 0.1) is 5.92 Å². The first-order chi connectivity index (χ1) is 10.3. The lowest BCUT2D eigenvalue weighted by molar-refractivity contribution is -0.122. The molecule has 1 aliphatic carbocycles. The van der Waals surface area contributed by atoms with Crippen molar-refractivity contribution < 1.29 is 4.79 Å². The molecule has 21 heavy (non-hydrogen) atoms. The number of carbonyl (C=O) groups excluding carboxylic acids is 1. The molecule has 1 aliphatic heterocycles. The molecule has 2 heterocycles. The van der Waals surface area contributed by atoms with E-state index in [9.17, 15) is 4.79 Å². The van der Waals surface area contributed by atoms with Gasteiger partial charge in [-0.05, 0) is 43.7 Å². The van der Waals surface area contributed by atoms with E-state index in [1.807, 2.05) is 12.1 Å². The molecule has 2 aliphatic rings. The Balaban J connectivity index is 1.26. The van der Waals surface area contributed by atoms with Crippen molar-refractivity contribution >= 4 is 11.6 Å². The first-order valence-corrected chi connectivity index (χ1v) is 7.96. The lowest BCUT2D eigenvalue weighted by Gasteiger charge is -2.25. The SMILES string of the molecule is O=C(CN1C[C@@H]2CC[C@H]1C2)NCCCNc1cccnc1. The molecule has 3 rings (SSSR count). The Kier molecular flexibility index (Phi) is 4.70. The number of fused-ring (bicyclic) bond motifs is 2. The lowest BCUT2D eigenvalue weighted by Crippen LogP contribution is -2.41. The molecule has 1 aromatic rings. The number of amides is 1. The lowest BCUT2D eigenvalue weighted by atomic mass is 10.1. The van der Waals surface area contributed by atoms with Gasteiger partial charge in [0, 0.05) is 38.1 Å². The van der Waals surface area contributed by atoms with Crippen LogP contribution in [0.15, 0.2) is 24.5 Å². The molecule has 0 radical (unpaired) electrons. The molecule has 2 fully saturated rings. The van der Waals surface area contributed by atoms with Gasteiger partial charge in [0.05, 0.1) is 12.2 Å². The van der Waals surface area contributed by atoms with Crippen molar-refractivity contribution in [2.75, 3.05) is 31.5 Å². The summed E-state index contributed by atoms with van der Waals surface area (Å²) in [5.41, 5.74) is 1.02. The van der Waals surface area contributed by atoms with Crippen molar-refractivity contribution in [1.29, 1.82) is 0 Å². The van der Waals surface area contributed by atoms with E-state index in [0.717, 1.165) is 37.7 Å². The van der Waals surface area contributed by atoms with Gasteiger partial charge in [0.25, 0.3) is 0 Å². The molecule has 2 bridgehead atoms. The number of rotatable bonds is 7. The number of nitrogens with one attached hydrogen (secondary N) is 2. The molecule has 114 valence electrons. The topological polar surface area (TPSA) is 57.3 Å². The molecular formula is C16H24N4O. The maximum atomic E-state index is 11.9. The summed E-state index contributed by atoms with van der Waals surface area (Å²) in [6, 6.07) is 4.58. The van der Waals surface area contributed by atoms with E-state index in [2.05, 4.69) is 20.5 Å². The van der Waals surface area contributed by atoms with Gasteiger partial charge in [-0.1, -0.05) is 0 Å². The molecule has 0 unspecified atom stereocenters. The van der Waals surface area contributed by atoms with Gasteiger partial charge >= 0.3 is 0 Å². The van der Waals surface area contributed by atoms with Gasteiger partial charge in [0.1, 0.15) is 0 Å².